The van der Waals surface area contributed by atoms with Gasteiger partial charge in [0.15, 0.2) is 0 Å². The highest BCUT2D eigenvalue weighted by Crippen LogP contribution is 2.35. The molecule has 0 saturated heterocycles. The predicted molar refractivity (Wildman–Crippen MR) is 133 cm³/mol. The molecule has 1 N–H and O–H groups in total. The Bertz CT molecular complexity index is 1460. The first-order valence-electron chi connectivity index (χ1n) is 11.1. The Balaban J connectivity index is 1.47. The maximum atomic E-state index is 13.4. The third-order valence-electron chi connectivity index (χ3n) is 6.29. The molecule has 0 fully saturated rings. The minimum absolute atomic E-state index is 0.0509. The first-order valence-corrected chi connectivity index (χ1v) is 12.0. The largest absolute Gasteiger partial charge is 0.335 e. The number of hydrogen-bond donors (Lipinski definition) is 1. The maximum absolute atomic E-state index is 13.4. The first kappa shape index (κ1) is 22.0. The molecule has 1 atom stereocenters. The van der Waals surface area contributed by atoms with Gasteiger partial charge in [0.2, 0.25) is 11.8 Å². The molecule has 1 unspecified atom stereocenters. The van der Waals surface area contributed by atoms with Crippen LogP contribution in [0.4, 0.5) is 0 Å². The maximum Gasteiger partial charge on any atom is 0.281 e. The van der Waals surface area contributed by atoms with E-state index in [9.17, 15) is 14.4 Å². The summed E-state index contributed by atoms with van der Waals surface area (Å²) in [5.74, 6) is -0.432. The van der Waals surface area contributed by atoms with Crippen molar-refractivity contribution in [3.8, 4) is 11.1 Å². The molecule has 0 bridgehead atoms. The molecule has 2 amide bonds. The molecule has 7 nitrogen and oxygen atoms in total. The fourth-order valence-electron chi connectivity index (χ4n) is 4.74. The van der Waals surface area contributed by atoms with Crippen LogP contribution in [0, 0.1) is 6.92 Å². The van der Waals surface area contributed by atoms with Gasteiger partial charge in [0.05, 0.1) is 17.8 Å². The molecular weight excluding hydrogens is 448 g/mol. The molecule has 5 rings (SSSR count). The van der Waals surface area contributed by atoms with Crippen LogP contribution in [-0.2, 0) is 16.0 Å². The average molecular weight is 473 g/mol. The van der Waals surface area contributed by atoms with Gasteiger partial charge in [-0.3, -0.25) is 19.8 Å². The van der Waals surface area contributed by atoms with E-state index < -0.39 is 0 Å². The van der Waals surface area contributed by atoms with Crippen molar-refractivity contribution in [2.24, 2.45) is 0 Å². The highest BCUT2D eigenvalue weighted by Gasteiger charge is 2.31. The van der Waals surface area contributed by atoms with Gasteiger partial charge in [-0.25, -0.2) is 9.66 Å². The Hall–Kier alpha value is -3.78. The van der Waals surface area contributed by atoms with E-state index in [1.807, 2.05) is 61.5 Å². The summed E-state index contributed by atoms with van der Waals surface area (Å²) in [6.45, 7) is 4.05. The number of carbonyl (C=O) groups is 2. The van der Waals surface area contributed by atoms with Gasteiger partial charge in [-0.2, -0.15) is 0 Å². The Morgan fingerprint density at radius 3 is 2.62 bits per heavy atom. The molecule has 0 saturated carbocycles. The van der Waals surface area contributed by atoms with Gasteiger partial charge in [-0.05, 0) is 30.0 Å². The number of carbonyl (C=O) groups excluding carboxylic acids is 2. The van der Waals surface area contributed by atoms with Crippen LogP contribution in [0.25, 0.3) is 21.3 Å². The fraction of sp³-hybridized carbons (Fsp3) is 0.231. The minimum atomic E-state index is -0.377. The topological polar surface area (TPSA) is 84.3 Å². The van der Waals surface area contributed by atoms with E-state index in [1.165, 1.54) is 24.6 Å². The third kappa shape index (κ3) is 3.90. The molecule has 2 aromatic carbocycles. The number of nitrogens with zero attached hydrogens (tertiary/aromatic N) is 3. The summed E-state index contributed by atoms with van der Waals surface area (Å²) in [7, 11) is 0. The van der Waals surface area contributed by atoms with E-state index in [0.29, 0.717) is 16.8 Å². The molecular formula is C26H24N4O3S. The van der Waals surface area contributed by atoms with Crippen LogP contribution >= 0.6 is 11.3 Å². The number of thiophene rings is 1. The Morgan fingerprint density at radius 1 is 1.12 bits per heavy atom. The van der Waals surface area contributed by atoms with Gasteiger partial charge in [0.25, 0.3) is 5.56 Å². The molecule has 2 aromatic heterocycles. The van der Waals surface area contributed by atoms with Gasteiger partial charge in [0.1, 0.15) is 11.2 Å². The van der Waals surface area contributed by atoms with Gasteiger partial charge < -0.3 is 4.90 Å². The Morgan fingerprint density at radius 2 is 1.85 bits per heavy atom. The number of fused-ring (bicyclic) bond motifs is 2. The normalized spacial score (nSPS) is 15.2. The molecule has 1 aliphatic rings. The van der Waals surface area contributed by atoms with Crippen molar-refractivity contribution in [1.82, 2.24) is 14.6 Å². The van der Waals surface area contributed by atoms with E-state index in [-0.39, 0.29) is 29.8 Å². The molecule has 172 valence electrons. The summed E-state index contributed by atoms with van der Waals surface area (Å²) in [6.07, 6.45) is 2.16. The monoisotopic (exact) mass is 472 g/mol. The Kier molecular flexibility index (Phi) is 5.75. The minimum Gasteiger partial charge on any atom is -0.335 e. The second-order valence-electron chi connectivity index (χ2n) is 8.42. The van der Waals surface area contributed by atoms with Crippen molar-refractivity contribution < 1.29 is 9.59 Å². The van der Waals surface area contributed by atoms with Crippen molar-refractivity contribution in [2.45, 2.75) is 32.7 Å². The summed E-state index contributed by atoms with van der Waals surface area (Å²) >= 11 is 1.46. The van der Waals surface area contributed by atoms with E-state index in [1.54, 1.807) is 4.90 Å². The summed E-state index contributed by atoms with van der Waals surface area (Å²) in [5, 5.41) is 0.491. The lowest BCUT2D eigenvalue weighted by atomic mass is 9.90. The highest BCUT2D eigenvalue weighted by atomic mass is 32.1. The van der Waals surface area contributed by atoms with Crippen LogP contribution in [0.5, 0.6) is 0 Å². The van der Waals surface area contributed by atoms with Crippen molar-refractivity contribution >= 4 is 33.4 Å². The van der Waals surface area contributed by atoms with Gasteiger partial charge in [-0.15, -0.1) is 11.3 Å². The van der Waals surface area contributed by atoms with Crippen molar-refractivity contribution in [3.63, 3.8) is 0 Å². The zero-order chi connectivity index (χ0) is 23.8. The standard InChI is InChI=1S/C26H24N4O3S/c1-16-23(19-9-4-3-5-10-19)24-25(34-16)27-15-30(26(24)33)28-22(32)14-21-20-11-7-6-8-18(20)12-13-29(21)17(2)31/h3-11,15,21H,12-14H2,1-2H3,(H,28,32). The summed E-state index contributed by atoms with van der Waals surface area (Å²) in [6, 6.07) is 17.2. The van der Waals surface area contributed by atoms with Crippen LogP contribution < -0.4 is 11.0 Å². The molecule has 4 aromatic rings. The molecule has 0 spiro atoms. The first-order chi connectivity index (χ1) is 16.4. The van der Waals surface area contributed by atoms with E-state index in [4.69, 9.17) is 0 Å². The van der Waals surface area contributed by atoms with Crippen LogP contribution in [0.2, 0.25) is 0 Å². The number of benzene rings is 2. The quantitative estimate of drug-likeness (QED) is 0.486. The van der Waals surface area contributed by atoms with E-state index in [0.717, 1.165) is 38.2 Å². The van der Waals surface area contributed by atoms with Crippen molar-refractivity contribution in [3.05, 3.63) is 87.3 Å². The van der Waals surface area contributed by atoms with Crippen LogP contribution in [0.1, 0.15) is 35.4 Å². The molecule has 0 radical (unpaired) electrons. The number of hydrogen-bond acceptors (Lipinski definition) is 5. The lowest BCUT2D eigenvalue weighted by Gasteiger charge is -2.36. The molecule has 34 heavy (non-hydrogen) atoms. The molecule has 8 heteroatoms. The molecule has 1 aliphatic heterocycles. The summed E-state index contributed by atoms with van der Waals surface area (Å²) < 4.78 is 1.15. The predicted octanol–water partition coefficient (Wildman–Crippen LogP) is 4.04. The van der Waals surface area contributed by atoms with Crippen LogP contribution in [0.15, 0.2) is 65.7 Å². The van der Waals surface area contributed by atoms with Crippen LogP contribution in [0.3, 0.4) is 0 Å². The van der Waals surface area contributed by atoms with E-state index >= 15 is 0 Å². The van der Waals surface area contributed by atoms with E-state index in [2.05, 4.69) is 10.4 Å². The zero-order valence-electron chi connectivity index (χ0n) is 18.9. The molecule has 3 heterocycles. The smallest absolute Gasteiger partial charge is 0.281 e. The van der Waals surface area contributed by atoms with Crippen LogP contribution in [-0.4, -0.2) is 32.9 Å². The lowest BCUT2D eigenvalue weighted by Crippen LogP contribution is -2.41. The van der Waals surface area contributed by atoms with Crippen molar-refractivity contribution in [1.29, 1.82) is 0 Å². The zero-order valence-corrected chi connectivity index (χ0v) is 19.8. The molecule has 0 aliphatic carbocycles. The number of nitrogens with one attached hydrogen (secondary N) is 1. The number of amides is 2. The Labute approximate surface area is 200 Å². The lowest BCUT2D eigenvalue weighted by molar-refractivity contribution is -0.132. The number of aryl methyl sites for hydroxylation is 1. The summed E-state index contributed by atoms with van der Waals surface area (Å²) in [5.41, 5.74) is 6.26. The van der Waals surface area contributed by atoms with Crippen molar-refractivity contribution in [2.75, 3.05) is 12.0 Å². The number of rotatable bonds is 4. The number of aromatic nitrogens is 2. The van der Waals surface area contributed by atoms with Gasteiger partial charge in [0, 0.05) is 23.9 Å². The highest BCUT2D eigenvalue weighted by molar-refractivity contribution is 7.19. The SMILES string of the molecule is CC(=O)N1CCc2ccccc2C1CC(=O)Nn1cnc2sc(C)c(-c3ccccc3)c2c1=O. The second kappa shape index (κ2) is 8.87. The van der Waals surface area contributed by atoms with Gasteiger partial charge in [-0.1, -0.05) is 54.6 Å². The fourth-order valence-corrected chi connectivity index (χ4v) is 5.74. The van der Waals surface area contributed by atoms with Gasteiger partial charge >= 0.3 is 0 Å². The third-order valence-corrected chi connectivity index (χ3v) is 7.31. The second-order valence-corrected chi connectivity index (χ2v) is 9.62. The average Bonchev–Trinajstić information content (AvgIpc) is 3.18. The summed E-state index contributed by atoms with van der Waals surface area (Å²) in [4.78, 5) is 46.5.